The Morgan fingerprint density at radius 1 is 0.905 bits per heavy atom. The van der Waals surface area contributed by atoms with Crippen LogP contribution in [0.15, 0.2) is 59.5 Å². The third kappa shape index (κ3) is 5.92. The standard InChI is InChI=1S/C18H22O2S/c1-14-7-9-18(10-8-14)21-13-17(20)12-16(19)11-15-5-3-2-4-6-15/h2-10,16-17,19-20H,11-13H2,1H3/t16-,17+/m0/s1. The van der Waals surface area contributed by atoms with E-state index in [1.54, 1.807) is 11.8 Å². The first kappa shape index (κ1) is 16.1. The minimum atomic E-state index is -0.499. The van der Waals surface area contributed by atoms with Crippen LogP contribution >= 0.6 is 11.8 Å². The molecule has 2 aromatic rings. The van der Waals surface area contributed by atoms with Gasteiger partial charge in [-0.05, 0) is 31.0 Å². The minimum Gasteiger partial charge on any atom is -0.393 e. The molecule has 0 aliphatic carbocycles. The van der Waals surface area contributed by atoms with Gasteiger partial charge in [-0.3, -0.25) is 0 Å². The normalized spacial score (nSPS) is 13.9. The van der Waals surface area contributed by atoms with E-state index < -0.39 is 12.2 Å². The quantitative estimate of drug-likeness (QED) is 0.770. The molecule has 21 heavy (non-hydrogen) atoms. The Bertz CT molecular complexity index is 525. The van der Waals surface area contributed by atoms with Crippen LogP contribution in [0.2, 0.25) is 0 Å². The molecule has 2 atom stereocenters. The van der Waals surface area contributed by atoms with Gasteiger partial charge in [-0.15, -0.1) is 11.8 Å². The number of aliphatic hydroxyl groups is 2. The van der Waals surface area contributed by atoms with Crippen LogP contribution in [0.5, 0.6) is 0 Å². The summed E-state index contributed by atoms with van der Waals surface area (Å²) in [6, 6.07) is 18.1. The van der Waals surface area contributed by atoms with E-state index in [1.807, 2.05) is 30.3 Å². The van der Waals surface area contributed by atoms with Crippen molar-refractivity contribution >= 4 is 11.8 Å². The molecule has 0 saturated carbocycles. The second-order valence-corrected chi connectivity index (χ2v) is 6.45. The zero-order valence-corrected chi connectivity index (χ0v) is 13.1. The van der Waals surface area contributed by atoms with Gasteiger partial charge >= 0.3 is 0 Å². The van der Waals surface area contributed by atoms with Gasteiger partial charge in [0.05, 0.1) is 12.2 Å². The summed E-state index contributed by atoms with van der Waals surface area (Å²) in [4.78, 5) is 1.15. The smallest absolute Gasteiger partial charge is 0.0658 e. The summed E-state index contributed by atoms with van der Waals surface area (Å²) in [5, 5.41) is 20.1. The van der Waals surface area contributed by atoms with E-state index in [0.29, 0.717) is 18.6 Å². The fraction of sp³-hybridized carbons (Fsp3) is 0.333. The number of aryl methyl sites for hydroxylation is 1. The average molecular weight is 302 g/mol. The first-order valence-corrected chi connectivity index (χ1v) is 8.21. The average Bonchev–Trinajstić information content (AvgIpc) is 2.47. The summed E-state index contributed by atoms with van der Waals surface area (Å²) in [6.45, 7) is 2.06. The van der Waals surface area contributed by atoms with Gasteiger partial charge in [0, 0.05) is 17.1 Å². The van der Waals surface area contributed by atoms with Crippen molar-refractivity contribution in [3.8, 4) is 0 Å². The van der Waals surface area contributed by atoms with E-state index in [2.05, 4.69) is 31.2 Å². The second-order valence-electron chi connectivity index (χ2n) is 5.36. The van der Waals surface area contributed by atoms with Crippen LogP contribution in [0.4, 0.5) is 0 Å². The minimum absolute atomic E-state index is 0.410. The lowest BCUT2D eigenvalue weighted by Gasteiger charge is -2.15. The molecule has 0 aliphatic rings. The zero-order chi connectivity index (χ0) is 15.1. The van der Waals surface area contributed by atoms with Crippen LogP contribution in [0.3, 0.4) is 0 Å². The van der Waals surface area contributed by atoms with Crippen LogP contribution in [0.1, 0.15) is 17.5 Å². The molecule has 0 radical (unpaired) electrons. The summed E-state index contributed by atoms with van der Waals surface area (Å²) in [7, 11) is 0. The number of thioether (sulfide) groups is 1. The molecule has 0 unspecified atom stereocenters. The van der Waals surface area contributed by atoms with E-state index in [4.69, 9.17) is 0 Å². The summed E-state index contributed by atoms with van der Waals surface area (Å²) in [5.41, 5.74) is 2.33. The molecule has 0 heterocycles. The van der Waals surface area contributed by atoms with E-state index in [9.17, 15) is 10.2 Å². The van der Waals surface area contributed by atoms with Crippen LogP contribution < -0.4 is 0 Å². The molecule has 112 valence electrons. The van der Waals surface area contributed by atoms with Crippen LogP contribution in [0.25, 0.3) is 0 Å². The summed E-state index contributed by atoms with van der Waals surface area (Å²) in [6.07, 6.45) is 0.0111. The molecule has 0 bridgehead atoms. The van der Waals surface area contributed by atoms with Gasteiger partial charge in [0.1, 0.15) is 0 Å². The van der Waals surface area contributed by atoms with Gasteiger partial charge in [0.25, 0.3) is 0 Å². The first-order valence-electron chi connectivity index (χ1n) is 7.23. The molecule has 2 nitrogen and oxygen atoms in total. The molecule has 0 aromatic heterocycles. The van der Waals surface area contributed by atoms with Crippen molar-refractivity contribution in [2.24, 2.45) is 0 Å². The maximum absolute atomic E-state index is 10.0. The van der Waals surface area contributed by atoms with Crippen molar-refractivity contribution in [1.82, 2.24) is 0 Å². The van der Waals surface area contributed by atoms with Crippen LogP contribution in [-0.4, -0.2) is 28.2 Å². The molecule has 0 amide bonds. The van der Waals surface area contributed by atoms with Gasteiger partial charge in [-0.2, -0.15) is 0 Å². The van der Waals surface area contributed by atoms with E-state index >= 15 is 0 Å². The highest BCUT2D eigenvalue weighted by Crippen LogP contribution is 2.20. The Morgan fingerprint density at radius 2 is 1.57 bits per heavy atom. The highest BCUT2D eigenvalue weighted by atomic mass is 32.2. The Balaban J connectivity index is 1.73. The Labute approximate surface area is 130 Å². The molecule has 0 aliphatic heterocycles. The molecule has 3 heteroatoms. The third-order valence-corrected chi connectivity index (χ3v) is 4.48. The Morgan fingerprint density at radius 3 is 2.24 bits per heavy atom. The fourth-order valence-corrected chi connectivity index (χ4v) is 3.03. The summed E-state index contributed by atoms with van der Waals surface area (Å²) >= 11 is 1.62. The summed E-state index contributed by atoms with van der Waals surface area (Å²) < 4.78 is 0. The van der Waals surface area contributed by atoms with Gasteiger partial charge in [0.2, 0.25) is 0 Å². The molecule has 2 rings (SSSR count). The number of hydrogen-bond donors (Lipinski definition) is 2. The molecule has 0 fully saturated rings. The monoisotopic (exact) mass is 302 g/mol. The van der Waals surface area contributed by atoms with Crippen molar-refractivity contribution in [2.75, 3.05) is 5.75 Å². The maximum Gasteiger partial charge on any atom is 0.0658 e. The summed E-state index contributed by atoms with van der Waals surface area (Å²) in [5.74, 6) is 0.606. The van der Waals surface area contributed by atoms with Gasteiger partial charge < -0.3 is 10.2 Å². The van der Waals surface area contributed by atoms with E-state index in [0.717, 1.165) is 10.5 Å². The lowest BCUT2D eigenvalue weighted by Crippen LogP contribution is -2.21. The van der Waals surface area contributed by atoms with Gasteiger partial charge in [0.15, 0.2) is 0 Å². The largest absolute Gasteiger partial charge is 0.393 e. The highest BCUT2D eigenvalue weighted by Gasteiger charge is 2.13. The Hall–Kier alpha value is -1.29. The third-order valence-electron chi connectivity index (χ3n) is 3.32. The number of aliphatic hydroxyl groups excluding tert-OH is 2. The van der Waals surface area contributed by atoms with Gasteiger partial charge in [-0.25, -0.2) is 0 Å². The number of benzene rings is 2. The first-order chi connectivity index (χ1) is 10.1. The lowest BCUT2D eigenvalue weighted by molar-refractivity contribution is 0.0932. The van der Waals surface area contributed by atoms with Gasteiger partial charge in [-0.1, -0.05) is 48.0 Å². The molecule has 0 spiro atoms. The van der Waals surface area contributed by atoms with E-state index in [-0.39, 0.29) is 0 Å². The molecule has 2 N–H and O–H groups in total. The van der Waals surface area contributed by atoms with Crippen molar-refractivity contribution < 1.29 is 10.2 Å². The topological polar surface area (TPSA) is 40.5 Å². The number of rotatable bonds is 7. The Kier molecular flexibility index (Phi) is 6.30. The van der Waals surface area contributed by atoms with Crippen molar-refractivity contribution in [2.45, 2.75) is 36.9 Å². The fourth-order valence-electron chi connectivity index (χ4n) is 2.18. The number of hydrogen-bond acceptors (Lipinski definition) is 3. The molecule has 0 saturated heterocycles. The van der Waals surface area contributed by atoms with Crippen molar-refractivity contribution in [1.29, 1.82) is 0 Å². The zero-order valence-electron chi connectivity index (χ0n) is 12.3. The SMILES string of the molecule is Cc1ccc(SC[C@H](O)C[C@@H](O)Cc2ccccc2)cc1. The maximum atomic E-state index is 10.0. The molecular formula is C18H22O2S. The van der Waals surface area contributed by atoms with Crippen molar-refractivity contribution in [3.05, 3.63) is 65.7 Å². The van der Waals surface area contributed by atoms with Crippen molar-refractivity contribution in [3.63, 3.8) is 0 Å². The molecular weight excluding hydrogens is 280 g/mol. The predicted octanol–water partition coefficient (Wildman–Crippen LogP) is 3.44. The lowest BCUT2D eigenvalue weighted by atomic mass is 10.0. The molecule has 2 aromatic carbocycles. The van der Waals surface area contributed by atoms with E-state index in [1.165, 1.54) is 5.56 Å². The second kappa shape index (κ2) is 8.23. The van der Waals surface area contributed by atoms with Crippen LogP contribution in [0, 0.1) is 6.92 Å². The highest BCUT2D eigenvalue weighted by molar-refractivity contribution is 7.99. The van der Waals surface area contributed by atoms with Crippen LogP contribution in [-0.2, 0) is 6.42 Å². The predicted molar refractivity (Wildman–Crippen MR) is 88.7 cm³/mol.